The normalized spacial score (nSPS) is 21.5. The molecule has 0 amide bonds. The topological polar surface area (TPSA) is 69.1 Å². The van der Waals surface area contributed by atoms with Crippen LogP contribution >= 0.6 is 35.3 Å². The molecule has 3 N–H and O–H groups in total. The SMILES string of the molecule is CCNC(=NCC1(O)CCOCC1)NCC(c1cccs1)N1CCCC1.I. The molecule has 2 fully saturated rings. The van der Waals surface area contributed by atoms with E-state index in [4.69, 9.17) is 4.74 Å². The monoisotopic (exact) mass is 508 g/mol. The molecule has 0 aliphatic carbocycles. The quantitative estimate of drug-likeness (QED) is 0.300. The molecule has 1 aromatic rings. The second kappa shape index (κ2) is 11.5. The molecule has 8 heteroatoms. The first-order chi connectivity index (χ1) is 12.7. The zero-order valence-electron chi connectivity index (χ0n) is 16.2. The van der Waals surface area contributed by atoms with Crippen LogP contribution in [-0.2, 0) is 4.74 Å². The highest BCUT2D eigenvalue weighted by molar-refractivity contribution is 14.0. The summed E-state index contributed by atoms with van der Waals surface area (Å²) in [5, 5.41) is 19.6. The molecule has 1 atom stereocenters. The summed E-state index contributed by atoms with van der Waals surface area (Å²) < 4.78 is 5.35. The van der Waals surface area contributed by atoms with Crippen molar-refractivity contribution in [3.63, 3.8) is 0 Å². The van der Waals surface area contributed by atoms with Crippen molar-refractivity contribution in [3.8, 4) is 0 Å². The first-order valence-corrected chi connectivity index (χ1v) is 10.7. The lowest BCUT2D eigenvalue weighted by molar-refractivity contribution is -0.0566. The maximum Gasteiger partial charge on any atom is 0.191 e. The lowest BCUT2D eigenvalue weighted by atomic mass is 9.95. The van der Waals surface area contributed by atoms with E-state index in [2.05, 4.69) is 45.0 Å². The van der Waals surface area contributed by atoms with E-state index in [1.165, 1.54) is 17.7 Å². The first-order valence-electron chi connectivity index (χ1n) is 9.80. The van der Waals surface area contributed by atoms with E-state index < -0.39 is 5.60 Å². The first kappa shape index (κ1) is 22.9. The van der Waals surface area contributed by atoms with E-state index in [-0.39, 0.29) is 24.0 Å². The van der Waals surface area contributed by atoms with Gasteiger partial charge in [0.1, 0.15) is 0 Å². The van der Waals surface area contributed by atoms with Gasteiger partial charge in [0, 0.05) is 44.0 Å². The van der Waals surface area contributed by atoms with E-state index in [0.29, 0.717) is 38.6 Å². The number of thiophene rings is 1. The molecule has 3 heterocycles. The van der Waals surface area contributed by atoms with Gasteiger partial charge in [0.05, 0.1) is 18.2 Å². The van der Waals surface area contributed by atoms with Gasteiger partial charge in [0.15, 0.2) is 5.96 Å². The van der Waals surface area contributed by atoms with Gasteiger partial charge in [-0.15, -0.1) is 35.3 Å². The van der Waals surface area contributed by atoms with Gasteiger partial charge >= 0.3 is 0 Å². The van der Waals surface area contributed by atoms with Crippen LogP contribution in [-0.4, -0.2) is 67.5 Å². The minimum absolute atomic E-state index is 0. The van der Waals surface area contributed by atoms with E-state index in [0.717, 1.165) is 32.1 Å². The Bertz CT molecular complexity index is 558. The van der Waals surface area contributed by atoms with Crippen LogP contribution in [0, 0.1) is 0 Å². The summed E-state index contributed by atoms with van der Waals surface area (Å²) in [4.78, 5) is 8.63. The van der Waals surface area contributed by atoms with Crippen molar-refractivity contribution in [2.24, 2.45) is 4.99 Å². The number of ether oxygens (including phenoxy) is 1. The van der Waals surface area contributed by atoms with Crippen LogP contribution in [0.15, 0.2) is 22.5 Å². The number of nitrogens with zero attached hydrogens (tertiary/aromatic N) is 2. The number of likely N-dealkylation sites (tertiary alicyclic amines) is 1. The summed E-state index contributed by atoms with van der Waals surface area (Å²) in [6.07, 6.45) is 3.87. The Kier molecular flexibility index (Phi) is 9.78. The maximum absolute atomic E-state index is 10.6. The van der Waals surface area contributed by atoms with Crippen molar-refractivity contribution >= 4 is 41.3 Å². The molecular formula is C19H33IN4O2S. The number of rotatable bonds is 7. The second-order valence-electron chi connectivity index (χ2n) is 7.19. The molecule has 2 aliphatic rings. The highest BCUT2D eigenvalue weighted by Crippen LogP contribution is 2.27. The van der Waals surface area contributed by atoms with Crippen LogP contribution in [0.2, 0.25) is 0 Å². The number of nitrogens with one attached hydrogen (secondary N) is 2. The van der Waals surface area contributed by atoms with Gasteiger partial charge in [-0.05, 0) is 44.3 Å². The molecule has 1 aromatic heterocycles. The summed E-state index contributed by atoms with van der Waals surface area (Å²) >= 11 is 1.82. The van der Waals surface area contributed by atoms with E-state index in [9.17, 15) is 5.11 Å². The summed E-state index contributed by atoms with van der Waals surface area (Å²) in [5.41, 5.74) is -0.733. The highest BCUT2D eigenvalue weighted by atomic mass is 127. The predicted octanol–water partition coefficient (Wildman–Crippen LogP) is 2.60. The van der Waals surface area contributed by atoms with Crippen molar-refractivity contribution < 1.29 is 9.84 Å². The average Bonchev–Trinajstić information content (AvgIpc) is 3.35. The number of guanidine groups is 1. The van der Waals surface area contributed by atoms with Crippen LogP contribution in [0.3, 0.4) is 0 Å². The Morgan fingerprint density at radius 3 is 2.70 bits per heavy atom. The molecular weight excluding hydrogens is 475 g/mol. The third-order valence-electron chi connectivity index (χ3n) is 5.22. The molecule has 27 heavy (non-hydrogen) atoms. The summed E-state index contributed by atoms with van der Waals surface area (Å²) in [5.74, 6) is 0.785. The average molecular weight is 508 g/mol. The van der Waals surface area contributed by atoms with Crippen molar-refractivity contribution in [2.75, 3.05) is 45.9 Å². The van der Waals surface area contributed by atoms with Crippen molar-refractivity contribution in [1.82, 2.24) is 15.5 Å². The fraction of sp³-hybridized carbons (Fsp3) is 0.737. The van der Waals surface area contributed by atoms with Crippen molar-refractivity contribution in [2.45, 2.75) is 44.2 Å². The van der Waals surface area contributed by atoms with Gasteiger partial charge in [-0.2, -0.15) is 0 Å². The smallest absolute Gasteiger partial charge is 0.191 e. The molecule has 2 saturated heterocycles. The van der Waals surface area contributed by atoms with Gasteiger partial charge < -0.3 is 20.5 Å². The van der Waals surface area contributed by atoms with E-state index >= 15 is 0 Å². The largest absolute Gasteiger partial charge is 0.388 e. The van der Waals surface area contributed by atoms with Crippen LogP contribution < -0.4 is 10.6 Å². The second-order valence-corrected chi connectivity index (χ2v) is 8.17. The Balaban J connectivity index is 0.00000261. The number of aliphatic imine (C=N–C) groups is 1. The van der Waals surface area contributed by atoms with E-state index in [1.807, 2.05) is 11.3 Å². The molecule has 2 aliphatic heterocycles. The zero-order chi connectivity index (χ0) is 18.2. The highest BCUT2D eigenvalue weighted by Gasteiger charge is 2.30. The predicted molar refractivity (Wildman–Crippen MR) is 122 cm³/mol. The molecule has 154 valence electrons. The lowest BCUT2D eigenvalue weighted by Gasteiger charge is -2.31. The number of halogens is 1. The summed E-state index contributed by atoms with van der Waals surface area (Å²) in [6.45, 7) is 7.68. The third kappa shape index (κ3) is 6.85. The molecule has 0 saturated carbocycles. The lowest BCUT2D eigenvalue weighted by Crippen LogP contribution is -2.44. The minimum atomic E-state index is -0.733. The molecule has 3 rings (SSSR count). The van der Waals surface area contributed by atoms with Gasteiger partial charge in [0.2, 0.25) is 0 Å². The standard InChI is InChI=1S/C19H32N4O2S.HI/c1-2-20-18(22-15-19(24)7-11-25-12-8-19)21-14-16(17-6-5-13-26-17)23-9-3-4-10-23;/h5-6,13,16,24H,2-4,7-12,14-15H2,1H3,(H2,20,21,22);1H. The molecule has 0 aromatic carbocycles. The minimum Gasteiger partial charge on any atom is -0.388 e. The van der Waals surface area contributed by atoms with Crippen molar-refractivity contribution in [1.29, 1.82) is 0 Å². The Hall–Kier alpha value is -0.420. The number of aliphatic hydroxyl groups is 1. The summed E-state index contributed by atoms with van der Waals surface area (Å²) in [6, 6.07) is 4.74. The molecule has 0 spiro atoms. The number of hydrogen-bond donors (Lipinski definition) is 3. The van der Waals surface area contributed by atoms with Gasteiger partial charge in [0.25, 0.3) is 0 Å². The maximum atomic E-state index is 10.6. The fourth-order valence-corrected chi connectivity index (χ4v) is 4.48. The Morgan fingerprint density at radius 1 is 1.33 bits per heavy atom. The van der Waals surface area contributed by atoms with Crippen LogP contribution in [0.25, 0.3) is 0 Å². The van der Waals surface area contributed by atoms with Gasteiger partial charge in [-0.3, -0.25) is 9.89 Å². The fourth-order valence-electron chi connectivity index (χ4n) is 3.61. The third-order valence-corrected chi connectivity index (χ3v) is 6.19. The molecule has 1 unspecified atom stereocenters. The molecule has 6 nitrogen and oxygen atoms in total. The molecule has 0 radical (unpaired) electrons. The summed E-state index contributed by atoms with van der Waals surface area (Å²) in [7, 11) is 0. The zero-order valence-corrected chi connectivity index (χ0v) is 19.3. The van der Waals surface area contributed by atoms with E-state index in [1.54, 1.807) is 0 Å². The molecule has 0 bridgehead atoms. The Morgan fingerprint density at radius 2 is 2.07 bits per heavy atom. The van der Waals surface area contributed by atoms with Crippen molar-refractivity contribution in [3.05, 3.63) is 22.4 Å². The number of hydrogen-bond acceptors (Lipinski definition) is 5. The van der Waals surface area contributed by atoms with Crippen LogP contribution in [0.4, 0.5) is 0 Å². The van der Waals surface area contributed by atoms with Crippen LogP contribution in [0.5, 0.6) is 0 Å². The van der Waals surface area contributed by atoms with Crippen LogP contribution in [0.1, 0.15) is 43.5 Å². The van der Waals surface area contributed by atoms with Gasteiger partial charge in [-0.1, -0.05) is 6.07 Å². The van der Waals surface area contributed by atoms with Gasteiger partial charge in [-0.25, -0.2) is 0 Å². The Labute approximate surface area is 183 Å².